The number of aryl methyl sites for hydroxylation is 1. The van der Waals surface area contributed by atoms with Gasteiger partial charge in [0, 0.05) is 5.56 Å². The van der Waals surface area contributed by atoms with Gasteiger partial charge in [-0.3, -0.25) is 4.79 Å². The summed E-state index contributed by atoms with van der Waals surface area (Å²) >= 11 is 0. The minimum absolute atomic E-state index is 0.0299. The first-order valence-electron chi connectivity index (χ1n) is 4.32. The third-order valence-electron chi connectivity index (χ3n) is 1.76. The predicted molar refractivity (Wildman–Crippen MR) is 51.3 cm³/mol. The van der Waals surface area contributed by atoms with Crippen molar-refractivity contribution >= 4 is 11.9 Å². The average molecular weight is 212 g/mol. The molecule has 82 valence electrons. The molecule has 1 rings (SSSR count). The highest BCUT2D eigenvalue weighted by molar-refractivity contribution is 5.86. The molecule has 0 atom stereocenters. The van der Waals surface area contributed by atoms with E-state index in [9.17, 15) is 9.59 Å². The van der Waals surface area contributed by atoms with Crippen LogP contribution in [-0.2, 0) is 11.3 Å². The van der Waals surface area contributed by atoms with E-state index in [1.54, 1.807) is 13.0 Å². The Kier molecular flexibility index (Phi) is 3.46. The van der Waals surface area contributed by atoms with E-state index in [4.69, 9.17) is 15.3 Å². The summed E-state index contributed by atoms with van der Waals surface area (Å²) in [6, 6.07) is 1.61. The Bertz CT molecular complexity index is 383. The van der Waals surface area contributed by atoms with Crippen LogP contribution in [0.15, 0.2) is 10.5 Å². The summed E-state index contributed by atoms with van der Waals surface area (Å²) < 4.78 is 5.04. The molecular formula is C9H12N2O4. The van der Waals surface area contributed by atoms with Gasteiger partial charge in [0.05, 0.1) is 13.1 Å². The fourth-order valence-electron chi connectivity index (χ4n) is 1.16. The number of hydrogen-bond acceptors (Lipinski definition) is 4. The number of aromatic carboxylic acids is 1. The normalized spacial score (nSPS) is 10.2. The van der Waals surface area contributed by atoms with Gasteiger partial charge in [0.1, 0.15) is 5.76 Å². The molecule has 15 heavy (non-hydrogen) atoms. The SMILES string of the molecule is Cc1cc(CNCC(N)=O)oc1C(=O)O. The second-order valence-corrected chi connectivity index (χ2v) is 3.10. The first-order valence-corrected chi connectivity index (χ1v) is 4.32. The molecule has 0 saturated carbocycles. The summed E-state index contributed by atoms with van der Waals surface area (Å²) in [7, 11) is 0. The molecular weight excluding hydrogens is 200 g/mol. The Hall–Kier alpha value is -1.82. The molecule has 0 fully saturated rings. The van der Waals surface area contributed by atoms with Crippen molar-refractivity contribution in [3.8, 4) is 0 Å². The van der Waals surface area contributed by atoms with Crippen LogP contribution < -0.4 is 11.1 Å². The number of carbonyl (C=O) groups excluding carboxylic acids is 1. The van der Waals surface area contributed by atoms with Crippen LogP contribution >= 0.6 is 0 Å². The Morgan fingerprint density at radius 1 is 1.60 bits per heavy atom. The Balaban J connectivity index is 2.59. The maximum absolute atomic E-state index is 10.6. The molecule has 1 heterocycles. The number of hydrogen-bond donors (Lipinski definition) is 3. The predicted octanol–water partition coefficient (Wildman–Crippen LogP) is -0.139. The third kappa shape index (κ3) is 3.10. The second-order valence-electron chi connectivity index (χ2n) is 3.10. The van der Waals surface area contributed by atoms with Crippen molar-refractivity contribution in [1.29, 1.82) is 0 Å². The second kappa shape index (κ2) is 4.61. The van der Waals surface area contributed by atoms with Crippen LogP contribution in [-0.4, -0.2) is 23.5 Å². The fourth-order valence-corrected chi connectivity index (χ4v) is 1.16. The summed E-state index contributed by atoms with van der Waals surface area (Å²) in [5.74, 6) is -1.19. The van der Waals surface area contributed by atoms with Gasteiger partial charge in [-0.15, -0.1) is 0 Å². The minimum Gasteiger partial charge on any atom is -0.475 e. The average Bonchev–Trinajstić information content (AvgIpc) is 2.46. The van der Waals surface area contributed by atoms with E-state index in [0.717, 1.165) is 0 Å². The molecule has 0 aliphatic heterocycles. The van der Waals surface area contributed by atoms with E-state index < -0.39 is 11.9 Å². The summed E-state index contributed by atoms with van der Waals surface area (Å²) in [5, 5.41) is 11.4. The Morgan fingerprint density at radius 2 is 2.27 bits per heavy atom. The van der Waals surface area contributed by atoms with Gasteiger partial charge in [0.15, 0.2) is 0 Å². The number of primary amides is 1. The fraction of sp³-hybridized carbons (Fsp3) is 0.333. The van der Waals surface area contributed by atoms with Gasteiger partial charge < -0.3 is 20.6 Å². The standard InChI is InChI=1S/C9H12N2O4/c1-5-2-6(3-11-4-7(10)12)15-8(5)9(13)14/h2,11H,3-4H2,1H3,(H2,10,12)(H,13,14). The van der Waals surface area contributed by atoms with E-state index in [0.29, 0.717) is 11.3 Å². The zero-order chi connectivity index (χ0) is 11.4. The molecule has 0 unspecified atom stereocenters. The van der Waals surface area contributed by atoms with Crippen LogP contribution in [0.2, 0.25) is 0 Å². The number of carbonyl (C=O) groups is 2. The van der Waals surface area contributed by atoms with Crippen LogP contribution in [0.3, 0.4) is 0 Å². The van der Waals surface area contributed by atoms with Crippen LogP contribution in [0.5, 0.6) is 0 Å². The summed E-state index contributed by atoms with van der Waals surface area (Å²) in [6.07, 6.45) is 0. The highest BCUT2D eigenvalue weighted by Crippen LogP contribution is 2.14. The van der Waals surface area contributed by atoms with Crippen molar-refractivity contribution in [2.75, 3.05) is 6.54 Å². The van der Waals surface area contributed by atoms with Crippen molar-refractivity contribution in [3.05, 3.63) is 23.2 Å². The lowest BCUT2D eigenvalue weighted by Gasteiger charge is -1.97. The minimum atomic E-state index is -1.10. The van der Waals surface area contributed by atoms with E-state index in [1.807, 2.05) is 0 Å². The van der Waals surface area contributed by atoms with Crippen LogP contribution in [0.4, 0.5) is 0 Å². The first-order chi connectivity index (χ1) is 7.00. The molecule has 0 aliphatic carbocycles. The lowest BCUT2D eigenvalue weighted by atomic mass is 10.2. The number of amides is 1. The van der Waals surface area contributed by atoms with Gasteiger partial charge in [-0.2, -0.15) is 0 Å². The summed E-state index contributed by atoms with van der Waals surface area (Å²) in [6.45, 7) is 1.95. The molecule has 0 radical (unpaired) electrons. The van der Waals surface area contributed by atoms with E-state index in [2.05, 4.69) is 5.32 Å². The largest absolute Gasteiger partial charge is 0.475 e. The Labute approximate surface area is 86.1 Å². The van der Waals surface area contributed by atoms with Gasteiger partial charge in [-0.1, -0.05) is 0 Å². The molecule has 4 N–H and O–H groups in total. The van der Waals surface area contributed by atoms with Crippen molar-refractivity contribution in [1.82, 2.24) is 5.32 Å². The lowest BCUT2D eigenvalue weighted by molar-refractivity contribution is -0.117. The monoisotopic (exact) mass is 212 g/mol. The van der Waals surface area contributed by atoms with Crippen LogP contribution in [0.1, 0.15) is 21.9 Å². The molecule has 1 amide bonds. The van der Waals surface area contributed by atoms with Crippen molar-refractivity contribution in [2.24, 2.45) is 5.73 Å². The van der Waals surface area contributed by atoms with E-state index in [1.165, 1.54) is 0 Å². The molecule has 0 aliphatic rings. The molecule has 1 aromatic rings. The van der Waals surface area contributed by atoms with Crippen LogP contribution in [0.25, 0.3) is 0 Å². The van der Waals surface area contributed by atoms with E-state index >= 15 is 0 Å². The lowest BCUT2D eigenvalue weighted by Crippen LogP contribution is -2.27. The smallest absolute Gasteiger partial charge is 0.372 e. The van der Waals surface area contributed by atoms with Gasteiger partial charge >= 0.3 is 5.97 Å². The van der Waals surface area contributed by atoms with Crippen molar-refractivity contribution in [2.45, 2.75) is 13.5 Å². The van der Waals surface area contributed by atoms with Gasteiger partial charge in [-0.25, -0.2) is 4.79 Å². The number of carboxylic acids is 1. The number of carboxylic acid groups (broad SMARTS) is 1. The van der Waals surface area contributed by atoms with Gasteiger partial charge in [-0.05, 0) is 13.0 Å². The van der Waals surface area contributed by atoms with Gasteiger partial charge in [0.2, 0.25) is 11.7 Å². The number of furan rings is 1. The van der Waals surface area contributed by atoms with Crippen molar-refractivity contribution < 1.29 is 19.1 Å². The maximum Gasteiger partial charge on any atom is 0.372 e. The molecule has 0 saturated heterocycles. The zero-order valence-electron chi connectivity index (χ0n) is 8.24. The number of rotatable bonds is 5. The van der Waals surface area contributed by atoms with Crippen molar-refractivity contribution in [3.63, 3.8) is 0 Å². The third-order valence-corrected chi connectivity index (χ3v) is 1.76. The molecule has 0 aromatic carbocycles. The number of nitrogens with one attached hydrogen (secondary N) is 1. The quantitative estimate of drug-likeness (QED) is 0.630. The molecule has 6 heteroatoms. The van der Waals surface area contributed by atoms with Gasteiger partial charge in [0.25, 0.3) is 0 Å². The molecule has 0 spiro atoms. The maximum atomic E-state index is 10.6. The van der Waals surface area contributed by atoms with E-state index in [-0.39, 0.29) is 18.8 Å². The highest BCUT2D eigenvalue weighted by Gasteiger charge is 2.13. The zero-order valence-corrected chi connectivity index (χ0v) is 8.24. The molecule has 1 aromatic heterocycles. The highest BCUT2D eigenvalue weighted by atomic mass is 16.4. The summed E-state index contributed by atoms with van der Waals surface area (Å²) in [4.78, 5) is 21.0. The van der Waals surface area contributed by atoms with Crippen LogP contribution in [0, 0.1) is 6.92 Å². The summed E-state index contributed by atoms with van der Waals surface area (Å²) in [5.41, 5.74) is 5.47. The molecule has 0 bridgehead atoms. The Morgan fingerprint density at radius 3 is 2.73 bits per heavy atom. The number of nitrogens with two attached hydrogens (primary N) is 1. The molecule has 6 nitrogen and oxygen atoms in total. The first kappa shape index (κ1) is 11.3. The topological polar surface area (TPSA) is 106 Å².